The second-order valence-electron chi connectivity index (χ2n) is 4.74. The third kappa shape index (κ3) is 3.98. The fraction of sp³-hybridized carbons (Fsp3) is 0.429. The zero-order valence-electron chi connectivity index (χ0n) is 11.3. The van der Waals surface area contributed by atoms with Crippen LogP contribution in [0.5, 0.6) is 0 Å². The first-order valence-electron chi connectivity index (χ1n) is 6.12. The SMILES string of the molecule is Cc1cccc(N(CC(C)C(=O)O)C(C)C(=O)O)c1. The molecular weight excluding hydrogens is 246 g/mol. The van der Waals surface area contributed by atoms with Gasteiger partial charge in [0.25, 0.3) is 0 Å². The Bertz CT molecular complexity index is 472. The van der Waals surface area contributed by atoms with Crippen LogP contribution in [0.25, 0.3) is 0 Å². The first-order chi connectivity index (χ1) is 8.82. The van der Waals surface area contributed by atoms with Crippen LogP contribution in [0.1, 0.15) is 19.4 Å². The Kier molecular flexibility index (Phi) is 4.92. The van der Waals surface area contributed by atoms with Crippen LogP contribution < -0.4 is 4.90 Å². The largest absolute Gasteiger partial charge is 0.481 e. The van der Waals surface area contributed by atoms with Crippen LogP contribution in [0.3, 0.4) is 0 Å². The van der Waals surface area contributed by atoms with E-state index in [-0.39, 0.29) is 6.54 Å². The average molecular weight is 265 g/mol. The topological polar surface area (TPSA) is 77.8 Å². The number of rotatable bonds is 6. The van der Waals surface area contributed by atoms with Crippen LogP contribution in [0, 0.1) is 12.8 Å². The van der Waals surface area contributed by atoms with Crippen molar-refractivity contribution in [3.8, 4) is 0 Å². The van der Waals surface area contributed by atoms with E-state index in [1.807, 2.05) is 25.1 Å². The molecule has 2 unspecified atom stereocenters. The molecule has 5 nitrogen and oxygen atoms in total. The van der Waals surface area contributed by atoms with Gasteiger partial charge in [-0.05, 0) is 31.5 Å². The van der Waals surface area contributed by atoms with Crippen molar-refractivity contribution >= 4 is 17.6 Å². The molecule has 0 aromatic heterocycles. The van der Waals surface area contributed by atoms with E-state index in [1.165, 1.54) is 0 Å². The molecule has 1 aromatic carbocycles. The summed E-state index contributed by atoms with van der Waals surface area (Å²) in [5.74, 6) is -2.54. The fourth-order valence-electron chi connectivity index (χ4n) is 1.80. The maximum atomic E-state index is 11.2. The monoisotopic (exact) mass is 265 g/mol. The predicted molar refractivity (Wildman–Crippen MR) is 72.4 cm³/mol. The number of carboxylic acid groups (broad SMARTS) is 2. The quantitative estimate of drug-likeness (QED) is 0.822. The molecule has 0 aliphatic heterocycles. The smallest absolute Gasteiger partial charge is 0.326 e. The first kappa shape index (κ1) is 15.0. The molecule has 2 N–H and O–H groups in total. The number of nitrogens with zero attached hydrogens (tertiary/aromatic N) is 1. The fourth-order valence-corrected chi connectivity index (χ4v) is 1.80. The van der Waals surface area contributed by atoms with E-state index in [1.54, 1.807) is 24.8 Å². The Morgan fingerprint density at radius 3 is 2.32 bits per heavy atom. The molecule has 104 valence electrons. The molecule has 0 fully saturated rings. The third-order valence-corrected chi connectivity index (χ3v) is 3.05. The number of benzene rings is 1. The highest BCUT2D eigenvalue weighted by Gasteiger charge is 2.25. The van der Waals surface area contributed by atoms with Crippen LogP contribution in [-0.2, 0) is 9.59 Å². The van der Waals surface area contributed by atoms with Crippen molar-refractivity contribution in [3.05, 3.63) is 29.8 Å². The standard InChI is InChI=1S/C14H19NO4/c1-9-5-4-6-12(7-9)15(11(3)14(18)19)8-10(2)13(16)17/h4-7,10-11H,8H2,1-3H3,(H,16,17)(H,18,19). The van der Waals surface area contributed by atoms with E-state index in [2.05, 4.69) is 0 Å². The molecule has 0 amide bonds. The Labute approximate surface area is 112 Å². The van der Waals surface area contributed by atoms with Crippen molar-refractivity contribution in [1.29, 1.82) is 0 Å². The van der Waals surface area contributed by atoms with Crippen molar-refractivity contribution in [2.75, 3.05) is 11.4 Å². The normalized spacial score (nSPS) is 13.6. The van der Waals surface area contributed by atoms with Gasteiger partial charge in [-0.3, -0.25) is 4.79 Å². The zero-order valence-corrected chi connectivity index (χ0v) is 11.3. The van der Waals surface area contributed by atoms with Gasteiger partial charge in [0.2, 0.25) is 0 Å². The van der Waals surface area contributed by atoms with Crippen molar-refractivity contribution in [2.24, 2.45) is 5.92 Å². The van der Waals surface area contributed by atoms with E-state index in [0.29, 0.717) is 0 Å². The molecule has 0 bridgehead atoms. The molecule has 0 aliphatic rings. The van der Waals surface area contributed by atoms with Crippen LogP contribution in [0.15, 0.2) is 24.3 Å². The van der Waals surface area contributed by atoms with Crippen molar-refractivity contribution in [3.63, 3.8) is 0 Å². The van der Waals surface area contributed by atoms with E-state index in [0.717, 1.165) is 11.3 Å². The summed E-state index contributed by atoms with van der Waals surface area (Å²) in [6, 6.07) is 6.61. The van der Waals surface area contributed by atoms with Crippen LogP contribution in [0.2, 0.25) is 0 Å². The highest BCUT2D eigenvalue weighted by atomic mass is 16.4. The van der Waals surface area contributed by atoms with E-state index < -0.39 is 23.9 Å². The molecule has 0 spiro atoms. The maximum Gasteiger partial charge on any atom is 0.326 e. The molecule has 1 aromatic rings. The summed E-state index contributed by atoms with van der Waals surface area (Å²) < 4.78 is 0. The van der Waals surface area contributed by atoms with Gasteiger partial charge in [-0.15, -0.1) is 0 Å². The number of carbonyl (C=O) groups is 2. The number of aryl methyl sites for hydroxylation is 1. The molecule has 0 saturated heterocycles. The van der Waals surface area contributed by atoms with E-state index in [4.69, 9.17) is 10.2 Å². The lowest BCUT2D eigenvalue weighted by molar-refractivity contribution is -0.142. The molecular formula is C14H19NO4. The van der Waals surface area contributed by atoms with Gasteiger partial charge in [-0.25, -0.2) is 4.79 Å². The summed E-state index contributed by atoms with van der Waals surface area (Å²) in [4.78, 5) is 23.7. The lowest BCUT2D eigenvalue weighted by Gasteiger charge is -2.30. The van der Waals surface area contributed by atoms with E-state index in [9.17, 15) is 9.59 Å². The molecule has 0 saturated carbocycles. The van der Waals surface area contributed by atoms with Gasteiger partial charge in [0.05, 0.1) is 5.92 Å². The lowest BCUT2D eigenvalue weighted by Crippen LogP contribution is -2.43. The Hall–Kier alpha value is -2.04. The van der Waals surface area contributed by atoms with E-state index >= 15 is 0 Å². The molecule has 19 heavy (non-hydrogen) atoms. The lowest BCUT2D eigenvalue weighted by atomic mass is 10.1. The second-order valence-corrected chi connectivity index (χ2v) is 4.74. The minimum atomic E-state index is -0.973. The van der Waals surface area contributed by atoms with Crippen LogP contribution in [-0.4, -0.2) is 34.7 Å². The van der Waals surface area contributed by atoms with Crippen LogP contribution in [0.4, 0.5) is 5.69 Å². The number of hydrogen-bond donors (Lipinski definition) is 2. The average Bonchev–Trinajstić information content (AvgIpc) is 2.34. The van der Waals surface area contributed by atoms with Gasteiger partial charge in [-0.2, -0.15) is 0 Å². The number of aliphatic carboxylic acids is 2. The first-order valence-corrected chi connectivity index (χ1v) is 6.12. The number of hydrogen-bond acceptors (Lipinski definition) is 3. The number of anilines is 1. The molecule has 0 aliphatic carbocycles. The van der Waals surface area contributed by atoms with Gasteiger partial charge in [0.1, 0.15) is 6.04 Å². The zero-order chi connectivity index (χ0) is 14.6. The summed E-state index contributed by atoms with van der Waals surface area (Å²) in [6.07, 6.45) is 0. The third-order valence-electron chi connectivity index (χ3n) is 3.05. The Morgan fingerprint density at radius 2 is 1.84 bits per heavy atom. The molecule has 5 heteroatoms. The molecule has 0 heterocycles. The Balaban J connectivity index is 3.05. The highest BCUT2D eigenvalue weighted by molar-refractivity contribution is 5.78. The predicted octanol–water partition coefficient (Wildman–Crippen LogP) is 2.00. The summed E-state index contributed by atoms with van der Waals surface area (Å²) >= 11 is 0. The summed E-state index contributed by atoms with van der Waals surface area (Å²) in [5.41, 5.74) is 1.73. The van der Waals surface area contributed by atoms with Crippen LogP contribution >= 0.6 is 0 Å². The summed E-state index contributed by atoms with van der Waals surface area (Å²) in [7, 11) is 0. The van der Waals surface area contributed by atoms with Gasteiger partial charge < -0.3 is 15.1 Å². The maximum absolute atomic E-state index is 11.2. The van der Waals surface area contributed by atoms with Gasteiger partial charge in [0.15, 0.2) is 0 Å². The second kappa shape index (κ2) is 6.22. The number of carboxylic acids is 2. The molecule has 1 rings (SSSR count). The minimum absolute atomic E-state index is 0.159. The van der Waals surface area contributed by atoms with Crippen molar-refractivity contribution in [1.82, 2.24) is 0 Å². The molecule has 0 radical (unpaired) electrons. The minimum Gasteiger partial charge on any atom is -0.481 e. The summed E-state index contributed by atoms with van der Waals surface area (Å²) in [6.45, 7) is 5.19. The van der Waals surface area contributed by atoms with Gasteiger partial charge >= 0.3 is 11.9 Å². The van der Waals surface area contributed by atoms with Crippen molar-refractivity contribution in [2.45, 2.75) is 26.8 Å². The van der Waals surface area contributed by atoms with Gasteiger partial charge in [-0.1, -0.05) is 19.1 Å². The summed E-state index contributed by atoms with van der Waals surface area (Å²) in [5, 5.41) is 18.1. The molecule has 2 atom stereocenters. The van der Waals surface area contributed by atoms with Gasteiger partial charge in [0, 0.05) is 12.2 Å². The Morgan fingerprint density at radius 1 is 1.21 bits per heavy atom. The van der Waals surface area contributed by atoms with Crippen molar-refractivity contribution < 1.29 is 19.8 Å². The highest BCUT2D eigenvalue weighted by Crippen LogP contribution is 2.20.